The van der Waals surface area contributed by atoms with Gasteiger partial charge in [-0.2, -0.15) is 0 Å². The van der Waals surface area contributed by atoms with E-state index < -0.39 is 11.6 Å². The van der Waals surface area contributed by atoms with Gasteiger partial charge in [0.2, 0.25) is 5.95 Å². The molecule has 2 aromatic carbocycles. The second-order valence-electron chi connectivity index (χ2n) is 7.26. The molecule has 4 aromatic rings. The van der Waals surface area contributed by atoms with Crippen LogP contribution in [0, 0.1) is 18.6 Å². The highest BCUT2D eigenvalue weighted by atomic mass is 19.1. The molecule has 0 aliphatic rings. The number of rotatable bonds is 6. The number of Topliss-reactive ketones (excluding diaryl/α,β-unsaturated/α-hetero) is 1. The Morgan fingerprint density at radius 1 is 1.16 bits per heavy atom. The number of fused-ring (bicyclic) bond motifs is 1. The highest BCUT2D eigenvalue weighted by molar-refractivity contribution is 5.85. The second kappa shape index (κ2) is 8.14. The van der Waals surface area contributed by atoms with Crippen molar-refractivity contribution in [2.45, 2.75) is 20.3 Å². The molecule has 31 heavy (non-hydrogen) atoms. The number of ketones is 1. The number of aryl methyl sites for hydroxylation is 2. The van der Waals surface area contributed by atoms with E-state index in [1.807, 2.05) is 13.0 Å². The van der Waals surface area contributed by atoms with Crippen molar-refractivity contribution in [2.75, 3.05) is 5.32 Å². The van der Waals surface area contributed by atoms with E-state index in [1.54, 1.807) is 36.0 Å². The van der Waals surface area contributed by atoms with E-state index in [9.17, 15) is 13.6 Å². The van der Waals surface area contributed by atoms with Crippen molar-refractivity contribution in [3.8, 4) is 11.5 Å². The van der Waals surface area contributed by atoms with Crippen molar-refractivity contribution < 1.29 is 18.3 Å². The Bertz CT molecular complexity index is 1300. The fraction of sp³-hybridized carbons (Fsp3) is 0.174. The maximum absolute atomic E-state index is 14.0. The third-order valence-corrected chi connectivity index (χ3v) is 4.86. The Morgan fingerprint density at radius 2 is 1.97 bits per heavy atom. The first kappa shape index (κ1) is 20.5. The quantitative estimate of drug-likeness (QED) is 0.461. The van der Waals surface area contributed by atoms with Crippen LogP contribution in [0.15, 0.2) is 48.7 Å². The summed E-state index contributed by atoms with van der Waals surface area (Å²) in [5, 5.41) is 2.91. The number of aromatic nitrogens is 3. The summed E-state index contributed by atoms with van der Waals surface area (Å²) in [5.74, 6) is 0.279. The number of pyridine rings is 1. The molecule has 0 saturated carbocycles. The number of ether oxygens (including phenoxy) is 1. The van der Waals surface area contributed by atoms with E-state index in [1.165, 1.54) is 19.1 Å². The molecule has 0 radical (unpaired) electrons. The number of nitrogens with one attached hydrogen (secondary N) is 1. The number of hydrogen-bond donors (Lipinski definition) is 1. The molecule has 4 rings (SSSR count). The Morgan fingerprint density at radius 3 is 2.71 bits per heavy atom. The predicted octanol–water partition coefficient (Wildman–Crippen LogP) is 5.22. The van der Waals surface area contributed by atoms with Gasteiger partial charge in [-0.25, -0.2) is 13.8 Å². The zero-order valence-electron chi connectivity index (χ0n) is 17.2. The van der Waals surface area contributed by atoms with E-state index in [4.69, 9.17) is 4.74 Å². The Labute approximate surface area is 177 Å². The Balaban J connectivity index is 1.66. The third-order valence-electron chi connectivity index (χ3n) is 4.86. The molecule has 0 spiro atoms. The van der Waals surface area contributed by atoms with Crippen molar-refractivity contribution in [3.05, 3.63) is 71.6 Å². The third kappa shape index (κ3) is 4.23. The van der Waals surface area contributed by atoms with Crippen LogP contribution >= 0.6 is 0 Å². The van der Waals surface area contributed by atoms with E-state index in [2.05, 4.69) is 15.3 Å². The van der Waals surface area contributed by atoms with Crippen LogP contribution in [0.5, 0.6) is 11.5 Å². The highest BCUT2D eigenvalue weighted by Crippen LogP contribution is 2.33. The summed E-state index contributed by atoms with van der Waals surface area (Å²) in [5.41, 5.74) is 3.11. The molecule has 0 fully saturated rings. The number of nitrogens with zero attached hydrogens (tertiary/aromatic N) is 3. The molecule has 0 amide bonds. The lowest BCUT2D eigenvalue weighted by atomic mass is 10.2. The Hall–Kier alpha value is -3.81. The summed E-state index contributed by atoms with van der Waals surface area (Å²) in [6.07, 6.45) is 1.84. The van der Waals surface area contributed by atoms with Crippen LogP contribution < -0.4 is 10.1 Å². The molecule has 0 aliphatic heterocycles. The molecule has 158 valence electrons. The van der Waals surface area contributed by atoms with Gasteiger partial charge in [0.25, 0.3) is 0 Å². The molecule has 0 bridgehead atoms. The number of carbonyl (C=O) groups excluding carboxylic acids is 1. The highest BCUT2D eigenvalue weighted by Gasteiger charge is 2.15. The zero-order chi connectivity index (χ0) is 22.1. The molecule has 1 N–H and O–H groups in total. The predicted molar refractivity (Wildman–Crippen MR) is 114 cm³/mol. The topological polar surface area (TPSA) is 69.0 Å². The summed E-state index contributed by atoms with van der Waals surface area (Å²) < 4.78 is 35.0. The first-order valence-corrected chi connectivity index (χ1v) is 9.62. The van der Waals surface area contributed by atoms with Gasteiger partial charge in [-0.1, -0.05) is 0 Å². The monoisotopic (exact) mass is 422 g/mol. The lowest BCUT2D eigenvalue weighted by Crippen LogP contribution is -2.02. The maximum atomic E-state index is 14.0. The SMILES string of the molecule is CC(=O)Cc1cc(Oc2ccc3nc(Nc4ccc(F)cc4F)n(C)c3c2C)ccn1. The van der Waals surface area contributed by atoms with Gasteiger partial charge in [0, 0.05) is 37.4 Å². The molecular weight excluding hydrogens is 402 g/mol. The standard InChI is InChI=1S/C23H20F2N4O2/c1-13(30)10-16-12-17(8-9-26-16)31-21-7-6-20-22(14(21)2)29(3)23(28-20)27-19-5-4-15(24)11-18(19)25/h4-9,11-12H,10H2,1-3H3,(H,27,28). The van der Waals surface area contributed by atoms with Crippen molar-refractivity contribution in [1.82, 2.24) is 14.5 Å². The number of imidazole rings is 1. The Kier molecular flexibility index (Phi) is 5.37. The minimum atomic E-state index is -0.702. The lowest BCUT2D eigenvalue weighted by Gasteiger charge is -2.11. The zero-order valence-corrected chi connectivity index (χ0v) is 17.2. The molecule has 2 aromatic heterocycles. The van der Waals surface area contributed by atoms with Crippen LogP contribution in [0.1, 0.15) is 18.2 Å². The summed E-state index contributed by atoms with van der Waals surface area (Å²) in [6, 6.07) is 10.4. The minimum Gasteiger partial charge on any atom is -0.457 e. The van der Waals surface area contributed by atoms with Gasteiger partial charge in [0.15, 0.2) is 0 Å². The van der Waals surface area contributed by atoms with Crippen LogP contribution in [0.3, 0.4) is 0 Å². The summed E-state index contributed by atoms with van der Waals surface area (Å²) >= 11 is 0. The van der Waals surface area contributed by atoms with Gasteiger partial charge >= 0.3 is 0 Å². The average molecular weight is 422 g/mol. The molecule has 0 aliphatic carbocycles. The molecule has 0 atom stereocenters. The maximum Gasteiger partial charge on any atom is 0.208 e. The van der Waals surface area contributed by atoms with Crippen LogP contribution in [0.2, 0.25) is 0 Å². The molecule has 0 saturated heterocycles. The second-order valence-corrected chi connectivity index (χ2v) is 7.26. The first-order valence-electron chi connectivity index (χ1n) is 9.62. The van der Waals surface area contributed by atoms with Gasteiger partial charge in [-0.05, 0) is 44.2 Å². The smallest absolute Gasteiger partial charge is 0.208 e. The number of carbonyl (C=O) groups is 1. The number of halogens is 2. The first-order chi connectivity index (χ1) is 14.8. The van der Waals surface area contributed by atoms with E-state index in [0.29, 0.717) is 28.7 Å². The van der Waals surface area contributed by atoms with E-state index >= 15 is 0 Å². The molecule has 2 heterocycles. The number of benzene rings is 2. The van der Waals surface area contributed by atoms with E-state index in [0.717, 1.165) is 17.1 Å². The van der Waals surface area contributed by atoms with Crippen molar-refractivity contribution in [3.63, 3.8) is 0 Å². The fourth-order valence-corrected chi connectivity index (χ4v) is 3.41. The normalized spacial score (nSPS) is 11.0. The van der Waals surface area contributed by atoms with Gasteiger partial charge < -0.3 is 14.6 Å². The summed E-state index contributed by atoms with van der Waals surface area (Å²) in [4.78, 5) is 20.1. The largest absolute Gasteiger partial charge is 0.457 e. The lowest BCUT2D eigenvalue weighted by molar-refractivity contribution is -0.116. The van der Waals surface area contributed by atoms with Crippen molar-refractivity contribution in [2.24, 2.45) is 7.05 Å². The molecule has 0 unspecified atom stereocenters. The van der Waals surface area contributed by atoms with Gasteiger partial charge in [0.05, 0.1) is 22.4 Å². The fourth-order valence-electron chi connectivity index (χ4n) is 3.41. The van der Waals surface area contributed by atoms with Crippen LogP contribution in [0.25, 0.3) is 11.0 Å². The van der Waals surface area contributed by atoms with Crippen molar-refractivity contribution in [1.29, 1.82) is 0 Å². The summed E-state index contributed by atoms with van der Waals surface area (Å²) in [7, 11) is 1.80. The summed E-state index contributed by atoms with van der Waals surface area (Å²) in [6.45, 7) is 3.42. The molecule has 6 nitrogen and oxygen atoms in total. The van der Waals surface area contributed by atoms with Crippen molar-refractivity contribution >= 4 is 28.5 Å². The average Bonchev–Trinajstić information content (AvgIpc) is 3.02. The van der Waals surface area contributed by atoms with E-state index in [-0.39, 0.29) is 17.9 Å². The van der Waals surface area contributed by atoms with Gasteiger partial charge in [-0.15, -0.1) is 0 Å². The number of anilines is 2. The molecular formula is C23H20F2N4O2. The molecule has 8 heteroatoms. The van der Waals surface area contributed by atoms with Crippen LogP contribution in [-0.2, 0) is 18.3 Å². The van der Waals surface area contributed by atoms with Crippen LogP contribution in [0.4, 0.5) is 20.4 Å². The van der Waals surface area contributed by atoms with Crippen LogP contribution in [-0.4, -0.2) is 20.3 Å². The minimum absolute atomic E-state index is 0.0229. The van der Waals surface area contributed by atoms with Gasteiger partial charge in [-0.3, -0.25) is 9.78 Å². The number of hydrogen-bond acceptors (Lipinski definition) is 5. The van der Waals surface area contributed by atoms with Gasteiger partial charge in [0.1, 0.15) is 28.9 Å².